The van der Waals surface area contributed by atoms with Gasteiger partial charge in [0.1, 0.15) is 11.5 Å². The molecule has 172 valence electrons. The summed E-state index contributed by atoms with van der Waals surface area (Å²) in [5.41, 5.74) is 2.71. The molecule has 1 fully saturated rings. The summed E-state index contributed by atoms with van der Waals surface area (Å²) in [5.74, 6) is -0.692. The summed E-state index contributed by atoms with van der Waals surface area (Å²) in [6.45, 7) is 3.88. The van der Waals surface area contributed by atoms with E-state index in [0.717, 1.165) is 11.3 Å². The van der Waals surface area contributed by atoms with E-state index in [1.807, 2.05) is 25.1 Å². The zero-order chi connectivity index (χ0) is 23.3. The highest BCUT2D eigenvalue weighted by molar-refractivity contribution is 7.89. The van der Waals surface area contributed by atoms with Crippen LogP contribution in [-0.4, -0.2) is 60.5 Å². The van der Waals surface area contributed by atoms with E-state index in [-0.39, 0.29) is 6.01 Å². The van der Waals surface area contributed by atoms with Crippen molar-refractivity contribution >= 4 is 27.3 Å². The first-order chi connectivity index (χ1) is 15.9. The maximum absolute atomic E-state index is 12.8. The van der Waals surface area contributed by atoms with Crippen LogP contribution in [0.15, 0.2) is 67.0 Å². The second-order valence-corrected chi connectivity index (χ2v) is 9.66. The van der Waals surface area contributed by atoms with Crippen LogP contribution >= 0.6 is 0 Å². The Morgan fingerprint density at radius 3 is 2.36 bits per heavy atom. The molecule has 9 nitrogen and oxygen atoms in total. The Morgan fingerprint density at radius 1 is 1.00 bits per heavy atom. The maximum atomic E-state index is 12.8. The summed E-state index contributed by atoms with van der Waals surface area (Å²) in [6.07, 6.45) is 3.14. The lowest BCUT2D eigenvalue weighted by Crippen LogP contribution is -2.50. The molecule has 1 aliphatic rings. The predicted molar refractivity (Wildman–Crippen MR) is 126 cm³/mol. The topological polar surface area (TPSA) is 105 Å². The largest absolute Gasteiger partial charge is 0.424 e. The number of hydrogen-bond acceptors (Lipinski definition) is 7. The van der Waals surface area contributed by atoms with E-state index < -0.39 is 21.7 Å². The third-order valence-electron chi connectivity index (χ3n) is 5.20. The van der Waals surface area contributed by atoms with E-state index in [4.69, 9.17) is 4.74 Å². The molecular weight excluding hydrogens is 442 g/mol. The number of sulfonamides is 1. The van der Waals surface area contributed by atoms with Crippen LogP contribution in [0.1, 0.15) is 5.56 Å². The molecule has 0 bridgehead atoms. The fraction of sp³-hybridized carbons (Fsp3) is 0.261. The Labute approximate surface area is 193 Å². The van der Waals surface area contributed by atoms with Gasteiger partial charge in [-0.2, -0.15) is 4.31 Å². The third-order valence-corrected chi connectivity index (χ3v) is 6.98. The van der Waals surface area contributed by atoms with Crippen molar-refractivity contribution in [2.24, 2.45) is 0 Å². The molecule has 1 N–H and O–H groups in total. The summed E-state index contributed by atoms with van der Waals surface area (Å²) >= 11 is 0. The van der Waals surface area contributed by atoms with Crippen LogP contribution in [0, 0.1) is 6.92 Å². The Bertz CT molecular complexity index is 1200. The van der Waals surface area contributed by atoms with Crippen molar-refractivity contribution in [3.05, 3.63) is 72.6 Å². The Hall–Kier alpha value is -3.50. The molecule has 1 aliphatic heterocycles. The predicted octanol–water partition coefficient (Wildman–Crippen LogP) is 2.67. The molecule has 0 aliphatic carbocycles. The van der Waals surface area contributed by atoms with Gasteiger partial charge < -0.3 is 15.0 Å². The van der Waals surface area contributed by atoms with Crippen molar-refractivity contribution < 1.29 is 17.9 Å². The average molecular weight is 468 g/mol. The SMILES string of the molecule is Cc1cccc(N2CCN(S(=O)(=O)CC(=O)Nc3ccc(Oc4ncccn4)cc3)CC2)c1. The fourth-order valence-corrected chi connectivity index (χ4v) is 4.86. The minimum absolute atomic E-state index is 0.211. The Morgan fingerprint density at radius 2 is 1.70 bits per heavy atom. The quantitative estimate of drug-likeness (QED) is 0.570. The van der Waals surface area contributed by atoms with Gasteiger partial charge in [0, 0.05) is 49.9 Å². The first kappa shape index (κ1) is 22.7. The molecule has 1 saturated heterocycles. The number of piperazine rings is 1. The first-order valence-electron chi connectivity index (χ1n) is 10.5. The monoisotopic (exact) mass is 467 g/mol. The highest BCUT2D eigenvalue weighted by Gasteiger charge is 2.29. The highest BCUT2D eigenvalue weighted by atomic mass is 32.2. The third kappa shape index (κ3) is 6.05. The lowest BCUT2D eigenvalue weighted by molar-refractivity contribution is -0.113. The van der Waals surface area contributed by atoms with Crippen molar-refractivity contribution in [1.82, 2.24) is 14.3 Å². The minimum atomic E-state index is -3.71. The van der Waals surface area contributed by atoms with Gasteiger partial charge in [-0.1, -0.05) is 12.1 Å². The summed E-state index contributed by atoms with van der Waals surface area (Å²) in [5, 5.41) is 2.63. The van der Waals surface area contributed by atoms with E-state index in [9.17, 15) is 13.2 Å². The van der Waals surface area contributed by atoms with Gasteiger partial charge >= 0.3 is 6.01 Å². The van der Waals surface area contributed by atoms with Gasteiger partial charge in [-0.25, -0.2) is 18.4 Å². The van der Waals surface area contributed by atoms with E-state index >= 15 is 0 Å². The summed E-state index contributed by atoms with van der Waals surface area (Å²) in [7, 11) is -3.71. The zero-order valence-corrected chi connectivity index (χ0v) is 19.0. The smallest absolute Gasteiger partial charge is 0.321 e. The van der Waals surface area contributed by atoms with Crippen molar-refractivity contribution in [1.29, 1.82) is 0 Å². The van der Waals surface area contributed by atoms with Gasteiger partial charge in [0.2, 0.25) is 15.9 Å². The number of anilines is 2. The van der Waals surface area contributed by atoms with E-state index in [1.165, 1.54) is 4.31 Å². The van der Waals surface area contributed by atoms with E-state index in [0.29, 0.717) is 37.6 Å². The van der Waals surface area contributed by atoms with Gasteiger partial charge in [-0.3, -0.25) is 4.79 Å². The van der Waals surface area contributed by atoms with Crippen LogP contribution < -0.4 is 15.0 Å². The van der Waals surface area contributed by atoms with Gasteiger partial charge in [-0.15, -0.1) is 0 Å². The van der Waals surface area contributed by atoms with Crippen LogP contribution in [0.5, 0.6) is 11.8 Å². The van der Waals surface area contributed by atoms with Crippen LogP contribution in [0.25, 0.3) is 0 Å². The van der Waals surface area contributed by atoms with Gasteiger partial charge in [0.25, 0.3) is 0 Å². The standard InChI is InChI=1S/C23H25N5O4S/c1-18-4-2-5-20(16-18)27-12-14-28(15-13-27)33(30,31)17-22(29)26-19-6-8-21(9-7-19)32-23-24-10-3-11-25-23/h2-11,16H,12-15,17H2,1H3,(H,26,29). The molecule has 3 aromatic rings. The number of hydrogen-bond donors (Lipinski definition) is 1. The fourth-order valence-electron chi connectivity index (χ4n) is 3.55. The molecule has 0 saturated carbocycles. The molecule has 0 unspecified atom stereocenters. The van der Waals surface area contributed by atoms with Crippen LogP contribution in [0.3, 0.4) is 0 Å². The second kappa shape index (κ2) is 9.97. The van der Waals surface area contributed by atoms with Crippen LogP contribution in [-0.2, 0) is 14.8 Å². The molecule has 1 amide bonds. The normalized spacial score (nSPS) is 14.6. The number of benzene rings is 2. The lowest BCUT2D eigenvalue weighted by Gasteiger charge is -2.35. The van der Waals surface area contributed by atoms with Gasteiger partial charge in [0.05, 0.1) is 0 Å². The number of ether oxygens (including phenoxy) is 1. The van der Waals surface area contributed by atoms with E-state index in [1.54, 1.807) is 42.7 Å². The molecule has 1 aromatic heterocycles. The highest BCUT2D eigenvalue weighted by Crippen LogP contribution is 2.21. The number of aromatic nitrogens is 2. The average Bonchev–Trinajstić information content (AvgIpc) is 2.81. The second-order valence-electron chi connectivity index (χ2n) is 7.69. The number of nitrogens with one attached hydrogen (secondary N) is 1. The van der Waals surface area contributed by atoms with Crippen molar-refractivity contribution in [2.45, 2.75) is 6.92 Å². The number of carbonyl (C=O) groups excluding carboxylic acids is 1. The van der Waals surface area contributed by atoms with Crippen molar-refractivity contribution in [3.8, 4) is 11.8 Å². The van der Waals surface area contributed by atoms with Crippen molar-refractivity contribution in [3.63, 3.8) is 0 Å². The summed E-state index contributed by atoms with van der Waals surface area (Å²) in [4.78, 5) is 22.5. The maximum Gasteiger partial charge on any atom is 0.321 e. The van der Waals surface area contributed by atoms with E-state index in [2.05, 4.69) is 26.3 Å². The molecular formula is C23H25N5O4S. The van der Waals surface area contributed by atoms with Gasteiger partial charge in [-0.05, 0) is 55.0 Å². The molecule has 2 heterocycles. The Kier molecular flexibility index (Phi) is 6.85. The molecule has 10 heteroatoms. The minimum Gasteiger partial charge on any atom is -0.424 e. The molecule has 0 spiro atoms. The number of aryl methyl sites for hydroxylation is 1. The summed E-state index contributed by atoms with van der Waals surface area (Å²) in [6, 6.07) is 16.6. The van der Waals surface area contributed by atoms with Crippen LogP contribution in [0.4, 0.5) is 11.4 Å². The molecule has 0 radical (unpaired) electrons. The van der Waals surface area contributed by atoms with Crippen LogP contribution in [0.2, 0.25) is 0 Å². The zero-order valence-electron chi connectivity index (χ0n) is 18.2. The first-order valence-corrected chi connectivity index (χ1v) is 12.1. The van der Waals surface area contributed by atoms with Crippen molar-refractivity contribution in [2.75, 3.05) is 42.1 Å². The molecule has 0 atom stereocenters. The molecule has 4 rings (SSSR count). The molecule has 2 aromatic carbocycles. The molecule has 33 heavy (non-hydrogen) atoms. The van der Waals surface area contributed by atoms with Gasteiger partial charge in [0.15, 0.2) is 0 Å². The summed E-state index contributed by atoms with van der Waals surface area (Å²) < 4.78 is 32.4. The number of nitrogens with zero attached hydrogens (tertiary/aromatic N) is 4. The number of amides is 1. The number of carbonyl (C=O) groups is 1. The number of rotatable bonds is 7. The lowest BCUT2D eigenvalue weighted by atomic mass is 10.2. The Balaban J connectivity index is 1.29.